The zero-order chi connectivity index (χ0) is 19.7. The van der Waals surface area contributed by atoms with Crippen LogP contribution in [-0.2, 0) is 6.61 Å². The zero-order valence-corrected chi connectivity index (χ0v) is 14.4. The lowest BCUT2D eigenvalue weighted by Crippen LogP contribution is -2.09. The number of nitrogens with zero attached hydrogens (tertiary/aromatic N) is 1. The molecule has 0 amide bonds. The van der Waals surface area contributed by atoms with E-state index >= 15 is 0 Å². The molecule has 3 aromatic carbocycles. The van der Waals surface area contributed by atoms with Crippen LogP contribution in [0.15, 0.2) is 65.5 Å². The minimum Gasteiger partial charge on any atom is -0.489 e. The number of fused-ring (bicyclic) bond motifs is 1. The molecule has 0 aliphatic rings. The van der Waals surface area contributed by atoms with Gasteiger partial charge in [-0.05, 0) is 23.8 Å². The highest BCUT2D eigenvalue weighted by molar-refractivity contribution is 5.79. The van der Waals surface area contributed by atoms with Crippen molar-refractivity contribution in [2.45, 2.75) is 6.61 Å². The maximum atomic E-state index is 13.3. The number of aromatic nitrogens is 2. The number of benzene rings is 3. The van der Waals surface area contributed by atoms with Gasteiger partial charge < -0.3 is 9.72 Å². The van der Waals surface area contributed by atoms with Crippen LogP contribution in [-0.4, -0.2) is 9.97 Å². The summed E-state index contributed by atoms with van der Waals surface area (Å²) < 4.78 is 44.9. The molecule has 4 nitrogen and oxygen atoms in total. The zero-order valence-electron chi connectivity index (χ0n) is 14.4. The first-order valence-corrected chi connectivity index (χ1v) is 8.37. The van der Waals surface area contributed by atoms with Crippen LogP contribution in [0, 0.1) is 17.5 Å². The van der Waals surface area contributed by atoms with E-state index < -0.39 is 17.5 Å². The second-order valence-corrected chi connectivity index (χ2v) is 6.12. The van der Waals surface area contributed by atoms with Gasteiger partial charge in [-0.1, -0.05) is 30.3 Å². The first-order chi connectivity index (χ1) is 13.5. The van der Waals surface area contributed by atoms with Crippen molar-refractivity contribution in [3.63, 3.8) is 0 Å². The summed E-state index contributed by atoms with van der Waals surface area (Å²) in [5.74, 6) is -3.91. The molecule has 0 unspecified atom stereocenters. The van der Waals surface area contributed by atoms with Crippen molar-refractivity contribution < 1.29 is 17.9 Å². The van der Waals surface area contributed by atoms with Crippen LogP contribution in [0.1, 0.15) is 5.56 Å². The maximum absolute atomic E-state index is 13.3. The predicted molar refractivity (Wildman–Crippen MR) is 98.4 cm³/mol. The van der Waals surface area contributed by atoms with Gasteiger partial charge in [0.1, 0.15) is 18.2 Å². The highest BCUT2D eigenvalue weighted by Crippen LogP contribution is 2.22. The van der Waals surface area contributed by atoms with Gasteiger partial charge >= 0.3 is 0 Å². The van der Waals surface area contributed by atoms with Crippen LogP contribution < -0.4 is 10.3 Å². The van der Waals surface area contributed by atoms with E-state index in [4.69, 9.17) is 4.74 Å². The molecule has 0 fully saturated rings. The van der Waals surface area contributed by atoms with Crippen LogP contribution in [0.5, 0.6) is 5.75 Å². The second kappa shape index (κ2) is 7.19. The van der Waals surface area contributed by atoms with Gasteiger partial charge in [0.05, 0.1) is 10.9 Å². The average molecular weight is 382 g/mol. The number of rotatable bonds is 4. The van der Waals surface area contributed by atoms with Crippen molar-refractivity contribution in [1.29, 1.82) is 0 Å². The van der Waals surface area contributed by atoms with Gasteiger partial charge in [-0.2, -0.15) is 0 Å². The van der Waals surface area contributed by atoms with E-state index in [-0.39, 0.29) is 17.9 Å². The van der Waals surface area contributed by atoms with E-state index in [1.807, 2.05) is 0 Å². The van der Waals surface area contributed by atoms with Gasteiger partial charge in [0.2, 0.25) is 0 Å². The number of ether oxygens (including phenoxy) is 1. The molecule has 1 heterocycles. The Labute approximate surface area is 157 Å². The Morgan fingerprint density at radius 2 is 1.68 bits per heavy atom. The first-order valence-electron chi connectivity index (χ1n) is 8.37. The smallest absolute Gasteiger partial charge is 0.259 e. The summed E-state index contributed by atoms with van der Waals surface area (Å²) in [6, 6.07) is 15.6. The normalized spacial score (nSPS) is 11.0. The van der Waals surface area contributed by atoms with Crippen molar-refractivity contribution in [1.82, 2.24) is 9.97 Å². The summed E-state index contributed by atoms with van der Waals surface area (Å²) in [5, 5.41) is 0.492. The summed E-state index contributed by atoms with van der Waals surface area (Å²) in [4.78, 5) is 19.4. The van der Waals surface area contributed by atoms with Gasteiger partial charge in [0.15, 0.2) is 17.5 Å². The highest BCUT2D eigenvalue weighted by atomic mass is 19.2. The van der Waals surface area contributed by atoms with Gasteiger partial charge in [0, 0.05) is 17.7 Å². The minimum absolute atomic E-state index is 0.00380. The summed E-state index contributed by atoms with van der Waals surface area (Å²) in [5.41, 5.74) is 1.65. The molecule has 0 bridgehead atoms. The lowest BCUT2D eigenvalue weighted by atomic mass is 10.1. The molecule has 0 aliphatic carbocycles. The molecule has 0 saturated carbocycles. The van der Waals surface area contributed by atoms with Crippen molar-refractivity contribution in [2.24, 2.45) is 0 Å². The van der Waals surface area contributed by atoms with Crippen molar-refractivity contribution in [2.75, 3.05) is 0 Å². The molecule has 4 aromatic rings. The summed E-state index contributed by atoms with van der Waals surface area (Å²) in [7, 11) is 0. The molecular formula is C21H13F3N2O2. The van der Waals surface area contributed by atoms with Crippen molar-refractivity contribution >= 4 is 10.9 Å². The number of para-hydroxylation sites is 1. The third-order valence-corrected chi connectivity index (χ3v) is 4.18. The molecule has 0 saturated heterocycles. The Morgan fingerprint density at radius 1 is 0.929 bits per heavy atom. The number of hydrogen-bond donors (Lipinski definition) is 1. The molecule has 0 spiro atoms. The fourth-order valence-corrected chi connectivity index (χ4v) is 2.81. The van der Waals surface area contributed by atoms with Crippen LogP contribution in [0.4, 0.5) is 13.2 Å². The highest BCUT2D eigenvalue weighted by Gasteiger charge is 2.12. The SMILES string of the molecule is O=c1[nH]c(-c2cccc(COc3cc(F)c(F)c(F)c3)c2)nc2ccccc12. The van der Waals surface area contributed by atoms with Crippen molar-refractivity contribution in [3.8, 4) is 17.1 Å². The van der Waals surface area contributed by atoms with E-state index in [0.29, 0.717) is 27.9 Å². The summed E-state index contributed by atoms with van der Waals surface area (Å²) in [6.45, 7) is -0.00380. The first kappa shape index (κ1) is 17.8. The molecule has 0 aliphatic heterocycles. The molecule has 4 rings (SSSR count). The third kappa shape index (κ3) is 3.46. The van der Waals surface area contributed by atoms with Crippen LogP contribution in [0.2, 0.25) is 0 Å². The van der Waals surface area contributed by atoms with E-state index in [2.05, 4.69) is 9.97 Å². The number of nitrogens with one attached hydrogen (secondary N) is 1. The fraction of sp³-hybridized carbons (Fsp3) is 0.0476. The maximum Gasteiger partial charge on any atom is 0.259 e. The topological polar surface area (TPSA) is 55.0 Å². The van der Waals surface area contributed by atoms with Crippen LogP contribution in [0.3, 0.4) is 0 Å². The second-order valence-electron chi connectivity index (χ2n) is 6.12. The monoisotopic (exact) mass is 382 g/mol. The number of H-pyrrole nitrogens is 1. The fourth-order valence-electron chi connectivity index (χ4n) is 2.81. The van der Waals surface area contributed by atoms with Crippen LogP contribution in [0.25, 0.3) is 22.3 Å². The van der Waals surface area contributed by atoms with Crippen LogP contribution >= 0.6 is 0 Å². The molecule has 1 N–H and O–H groups in total. The van der Waals surface area contributed by atoms with E-state index in [1.165, 1.54) is 0 Å². The predicted octanol–water partition coefficient (Wildman–Crippen LogP) is 4.59. The number of hydrogen-bond acceptors (Lipinski definition) is 3. The standard InChI is InChI=1S/C21H13F3N2O2/c22-16-9-14(10-17(23)19(16)24)28-11-12-4-3-5-13(8-12)20-25-18-7-2-1-6-15(18)21(27)26-20/h1-10H,11H2,(H,25,26,27). The minimum atomic E-state index is -1.54. The van der Waals surface area contributed by atoms with Crippen molar-refractivity contribution in [3.05, 3.63) is 94.0 Å². The summed E-state index contributed by atoms with van der Waals surface area (Å²) >= 11 is 0. The molecule has 28 heavy (non-hydrogen) atoms. The molecule has 0 radical (unpaired) electrons. The third-order valence-electron chi connectivity index (χ3n) is 4.18. The Bertz CT molecular complexity index is 1210. The van der Waals surface area contributed by atoms with Gasteiger partial charge in [0.25, 0.3) is 5.56 Å². The summed E-state index contributed by atoms with van der Waals surface area (Å²) in [6.07, 6.45) is 0. The molecule has 7 heteroatoms. The van der Waals surface area contributed by atoms with E-state index in [0.717, 1.165) is 12.1 Å². The lowest BCUT2D eigenvalue weighted by molar-refractivity contribution is 0.299. The van der Waals surface area contributed by atoms with Gasteiger partial charge in [-0.15, -0.1) is 0 Å². The number of halogens is 3. The average Bonchev–Trinajstić information content (AvgIpc) is 2.70. The largest absolute Gasteiger partial charge is 0.489 e. The van der Waals surface area contributed by atoms with E-state index in [1.54, 1.807) is 48.5 Å². The quantitative estimate of drug-likeness (QED) is 0.526. The van der Waals surface area contributed by atoms with E-state index in [9.17, 15) is 18.0 Å². The molecular weight excluding hydrogens is 369 g/mol. The Hall–Kier alpha value is -3.61. The number of aromatic amines is 1. The van der Waals surface area contributed by atoms with Gasteiger partial charge in [-0.3, -0.25) is 4.79 Å². The Morgan fingerprint density at radius 3 is 2.46 bits per heavy atom. The van der Waals surface area contributed by atoms with Gasteiger partial charge in [-0.25, -0.2) is 18.2 Å². The lowest BCUT2D eigenvalue weighted by Gasteiger charge is -2.09. The molecule has 1 aromatic heterocycles. The Kier molecular flexibility index (Phi) is 4.57. The Balaban J connectivity index is 1.61. The molecule has 0 atom stereocenters. The molecule has 140 valence electrons.